The number of carbonyl (C=O) groups is 3. The van der Waals surface area contributed by atoms with Crippen LogP contribution in [0.25, 0.3) is 5.76 Å². The molecule has 2 aliphatic rings. The van der Waals surface area contributed by atoms with Crippen LogP contribution in [0, 0.1) is 0 Å². The third kappa shape index (κ3) is 3.87. The fourth-order valence-electron chi connectivity index (χ4n) is 5.04. The van der Waals surface area contributed by atoms with Crippen molar-refractivity contribution >= 4 is 29.0 Å². The highest BCUT2D eigenvalue weighted by molar-refractivity contribution is 6.50. The first-order valence-electron chi connectivity index (χ1n) is 12.0. The quantitative estimate of drug-likeness (QED) is 0.252. The number of aliphatic hydroxyl groups excluding tert-OH is 1. The molecule has 188 valence electrons. The zero-order valence-corrected chi connectivity index (χ0v) is 20.9. The van der Waals surface area contributed by atoms with Gasteiger partial charge in [0, 0.05) is 24.2 Å². The Hall–Kier alpha value is -3.91. The van der Waals surface area contributed by atoms with Crippen LogP contribution in [-0.4, -0.2) is 72.8 Å². The summed E-state index contributed by atoms with van der Waals surface area (Å²) >= 11 is 0. The normalized spacial score (nSPS) is 20.5. The van der Waals surface area contributed by atoms with Gasteiger partial charge in [-0.05, 0) is 64.3 Å². The van der Waals surface area contributed by atoms with Gasteiger partial charge in [0.15, 0.2) is 5.54 Å². The second-order valence-corrected chi connectivity index (χ2v) is 9.06. The van der Waals surface area contributed by atoms with Gasteiger partial charge in [-0.25, -0.2) is 0 Å². The summed E-state index contributed by atoms with van der Waals surface area (Å²) in [5, 5.41) is 11.5. The number of ether oxygens (including phenoxy) is 1. The zero-order valence-electron chi connectivity index (χ0n) is 20.9. The van der Waals surface area contributed by atoms with Crippen LogP contribution in [0.15, 0.2) is 66.8 Å². The number of amides is 2. The molecule has 0 bridgehead atoms. The number of hydrogen-bond donors (Lipinski definition) is 1. The Labute approximate surface area is 211 Å². The third-order valence-corrected chi connectivity index (χ3v) is 6.55. The SMILES string of the molecule is C=CCN1C(=O)C2(/C(=C(\O)c3ccc(OCC)cc3)C(=O)C(=O)N2CCCN(C)C)c2ccccc21. The van der Waals surface area contributed by atoms with Gasteiger partial charge in [0.1, 0.15) is 11.5 Å². The van der Waals surface area contributed by atoms with Crippen LogP contribution in [-0.2, 0) is 19.9 Å². The van der Waals surface area contributed by atoms with E-state index < -0.39 is 28.9 Å². The first-order chi connectivity index (χ1) is 17.3. The molecule has 0 radical (unpaired) electrons. The van der Waals surface area contributed by atoms with E-state index in [1.165, 1.54) is 9.80 Å². The van der Waals surface area contributed by atoms with Crippen LogP contribution in [0.5, 0.6) is 5.75 Å². The van der Waals surface area contributed by atoms with E-state index in [0.29, 0.717) is 42.1 Å². The van der Waals surface area contributed by atoms with E-state index in [0.717, 1.165) is 0 Å². The summed E-state index contributed by atoms with van der Waals surface area (Å²) < 4.78 is 5.48. The van der Waals surface area contributed by atoms with Crippen molar-refractivity contribution in [2.75, 3.05) is 45.2 Å². The van der Waals surface area contributed by atoms with Crippen molar-refractivity contribution in [2.24, 2.45) is 0 Å². The molecule has 2 heterocycles. The predicted molar refractivity (Wildman–Crippen MR) is 138 cm³/mol. The Kier molecular flexibility index (Phi) is 6.99. The summed E-state index contributed by atoms with van der Waals surface area (Å²) in [5.74, 6) is -1.93. The summed E-state index contributed by atoms with van der Waals surface area (Å²) in [6.45, 7) is 7.14. The van der Waals surface area contributed by atoms with E-state index in [1.54, 1.807) is 54.6 Å². The maximum atomic E-state index is 14.2. The number of nitrogens with zero attached hydrogens (tertiary/aromatic N) is 3. The van der Waals surface area contributed by atoms with E-state index in [1.807, 2.05) is 25.9 Å². The number of rotatable bonds is 9. The van der Waals surface area contributed by atoms with Crippen LogP contribution in [0.2, 0.25) is 0 Å². The van der Waals surface area contributed by atoms with Crippen molar-refractivity contribution in [3.8, 4) is 5.75 Å². The van der Waals surface area contributed by atoms with Crippen LogP contribution in [0.4, 0.5) is 5.69 Å². The third-order valence-electron chi connectivity index (χ3n) is 6.55. The molecule has 0 aromatic heterocycles. The van der Waals surface area contributed by atoms with Crippen molar-refractivity contribution in [1.29, 1.82) is 0 Å². The second-order valence-electron chi connectivity index (χ2n) is 9.06. The van der Waals surface area contributed by atoms with Crippen molar-refractivity contribution in [3.63, 3.8) is 0 Å². The number of para-hydroxylation sites is 1. The van der Waals surface area contributed by atoms with E-state index in [2.05, 4.69) is 6.58 Å². The molecule has 0 aliphatic carbocycles. The van der Waals surface area contributed by atoms with E-state index in [4.69, 9.17) is 4.74 Å². The number of hydrogen-bond acceptors (Lipinski definition) is 6. The van der Waals surface area contributed by atoms with Gasteiger partial charge in [-0.1, -0.05) is 24.3 Å². The number of ketones is 1. The number of aliphatic hydroxyl groups is 1. The smallest absolute Gasteiger partial charge is 0.296 e. The van der Waals surface area contributed by atoms with Gasteiger partial charge in [0.25, 0.3) is 17.6 Å². The molecular formula is C28H31N3O5. The molecule has 36 heavy (non-hydrogen) atoms. The summed E-state index contributed by atoms with van der Waals surface area (Å²) in [5.41, 5.74) is -0.585. The van der Waals surface area contributed by atoms with Crippen LogP contribution in [0.1, 0.15) is 24.5 Å². The molecule has 2 aliphatic heterocycles. The molecular weight excluding hydrogens is 458 g/mol. The molecule has 0 saturated carbocycles. The fraction of sp³-hybridized carbons (Fsp3) is 0.321. The topological polar surface area (TPSA) is 90.4 Å². The molecule has 4 rings (SSSR count). The average Bonchev–Trinajstić information content (AvgIpc) is 3.23. The lowest BCUT2D eigenvalue weighted by Crippen LogP contribution is -2.52. The maximum Gasteiger partial charge on any atom is 0.296 e. The van der Waals surface area contributed by atoms with Crippen LogP contribution in [0.3, 0.4) is 0 Å². The molecule has 1 spiro atoms. The summed E-state index contributed by atoms with van der Waals surface area (Å²) in [7, 11) is 3.83. The highest BCUT2D eigenvalue weighted by Crippen LogP contribution is 2.53. The highest BCUT2D eigenvalue weighted by atomic mass is 16.5. The van der Waals surface area contributed by atoms with Crippen molar-refractivity contribution in [2.45, 2.75) is 18.9 Å². The molecule has 2 aromatic carbocycles. The van der Waals surface area contributed by atoms with Gasteiger partial charge in [-0.2, -0.15) is 0 Å². The molecule has 8 nitrogen and oxygen atoms in total. The van der Waals surface area contributed by atoms with Gasteiger partial charge in [0.2, 0.25) is 0 Å². The van der Waals surface area contributed by atoms with Crippen LogP contribution < -0.4 is 9.64 Å². The zero-order chi connectivity index (χ0) is 26.0. The molecule has 1 saturated heterocycles. The van der Waals surface area contributed by atoms with E-state index in [9.17, 15) is 19.5 Å². The molecule has 8 heteroatoms. The molecule has 2 amide bonds. The molecule has 2 aromatic rings. The van der Waals surface area contributed by atoms with Gasteiger partial charge in [-0.3, -0.25) is 14.4 Å². The first kappa shape index (κ1) is 25.2. The largest absolute Gasteiger partial charge is 0.507 e. The lowest BCUT2D eigenvalue weighted by molar-refractivity contribution is -0.143. The van der Waals surface area contributed by atoms with Gasteiger partial charge in [0.05, 0.1) is 17.9 Å². The monoisotopic (exact) mass is 489 g/mol. The number of Topliss-reactive ketones (excluding diaryl/α,β-unsaturated/α-hetero) is 1. The van der Waals surface area contributed by atoms with Gasteiger partial charge >= 0.3 is 0 Å². The lowest BCUT2D eigenvalue weighted by atomic mass is 9.82. The lowest BCUT2D eigenvalue weighted by Gasteiger charge is -2.34. The minimum absolute atomic E-state index is 0.171. The minimum atomic E-state index is -1.76. The molecule has 1 unspecified atom stereocenters. The predicted octanol–water partition coefficient (Wildman–Crippen LogP) is 3.15. The van der Waals surface area contributed by atoms with Crippen molar-refractivity contribution in [1.82, 2.24) is 9.80 Å². The molecule has 1 fully saturated rings. The summed E-state index contributed by atoms with van der Waals surface area (Å²) in [4.78, 5) is 46.0. The Morgan fingerprint density at radius 2 is 1.81 bits per heavy atom. The second kappa shape index (κ2) is 9.99. The van der Waals surface area contributed by atoms with Gasteiger partial charge in [-0.15, -0.1) is 6.58 Å². The Bertz CT molecular complexity index is 1230. The van der Waals surface area contributed by atoms with E-state index in [-0.39, 0.29) is 18.7 Å². The Balaban J connectivity index is 1.96. The standard InChI is InChI=1S/C28H31N3O5/c1-5-16-30-22-11-8-7-10-21(22)28(27(30)35)23(24(32)19-12-14-20(15-13-19)36-6-2)25(33)26(34)31(28)18-9-17-29(3)4/h5,7-8,10-15,32H,1,6,9,16-18H2,2-4H3/b24-23-. The molecule has 1 atom stereocenters. The number of likely N-dealkylation sites (tertiary alicyclic amines) is 1. The van der Waals surface area contributed by atoms with E-state index >= 15 is 0 Å². The van der Waals surface area contributed by atoms with Crippen LogP contribution >= 0.6 is 0 Å². The minimum Gasteiger partial charge on any atom is -0.507 e. The fourth-order valence-corrected chi connectivity index (χ4v) is 5.04. The Morgan fingerprint density at radius 1 is 1.11 bits per heavy atom. The summed E-state index contributed by atoms with van der Waals surface area (Å²) in [6, 6.07) is 13.7. The number of anilines is 1. The Morgan fingerprint density at radius 3 is 2.44 bits per heavy atom. The first-order valence-corrected chi connectivity index (χ1v) is 12.0. The average molecular weight is 490 g/mol. The van der Waals surface area contributed by atoms with Gasteiger partial charge < -0.3 is 24.5 Å². The van der Waals surface area contributed by atoms with Crippen molar-refractivity contribution < 1.29 is 24.2 Å². The number of fused-ring (bicyclic) bond motifs is 2. The highest BCUT2D eigenvalue weighted by Gasteiger charge is 2.66. The van der Waals surface area contributed by atoms with Crippen molar-refractivity contribution in [3.05, 3.63) is 77.9 Å². The summed E-state index contributed by atoms with van der Waals surface area (Å²) in [6.07, 6.45) is 2.14. The number of carbonyl (C=O) groups excluding carboxylic acids is 3. The maximum absolute atomic E-state index is 14.2. The molecule has 1 N–H and O–H groups in total. The number of benzene rings is 2.